The van der Waals surface area contributed by atoms with E-state index in [1.807, 2.05) is 44.2 Å². The van der Waals surface area contributed by atoms with Gasteiger partial charge in [0, 0.05) is 19.3 Å². The zero-order valence-electron chi connectivity index (χ0n) is 21.0. The standard InChI is InChI=1S/C27H34N4O5/c1-4-28-27(34)30-19-10-13-23-21(14-19)26(33)31(3)22-12-11-20(36-24(22)16-35-23)15-25(32)29-17(2)18-8-6-5-7-9-18/h5-10,13-14,17,20,22,24H,4,11-12,15-16H2,1-3H3,(H,29,32)(H2,28,30,34)/t17-,20+,22-,24+/m1/s1. The normalized spacial score (nSPS) is 22.1. The molecule has 2 aromatic carbocycles. The third kappa shape index (κ3) is 5.96. The van der Waals surface area contributed by atoms with Gasteiger partial charge in [0.2, 0.25) is 5.91 Å². The first-order chi connectivity index (χ1) is 17.4. The quantitative estimate of drug-likeness (QED) is 0.570. The molecule has 2 heterocycles. The second-order valence-corrected chi connectivity index (χ2v) is 9.27. The average molecular weight is 495 g/mol. The van der Waals surface area contributed by atoms with Gasteiger partial charge in [-0.3, -0.25) is 9.59 Å². The van der Waals surface area contributed by atoms with Gasteiger partial charge in [-0.2, -0.15) is 0 Å². The van der Waals surface area contributed by atoms with E-state index in [9.17, 15) is 14.4 Å². The van der Waals surface area contributed by atoms with Gasteiger partial charge in [-0.15, -0.1) is 0 Å². The Balaban J connectivity index is 1.39. The summed E-state index contributed by atoms with van der Waals surface area (Å²) in [7, 11) is 1.76. The van der Waals surface area contributed by atoms with Crippen molar-refractivity contribution in [1.29, 1.82) is 0 Å². The highest BCUT2D eigenvalue weighted by Crippen LogP contribution is 2.32. The number of carbonyl (C=O) groups is 3. The minimum Gasteiger partial charge on any atom is -0.490 e. The van der Waals surface area contributed by atoms with E-state index in [1.165, 1.54) is 0 Å². The van der Waals surface area contributed by atoms with Crippen molar-refractivity contribution in [3.05, 3.63) is 59.7 Å². The summed E-state index contributed by atoms with van der Waals surface area (Å²) in [6.45, 7) is 4.55. The van der Waals surface area contributed by atoms with Crippen LogP contribution in [0.5, 0.6) is 5.75 Å². The first-order valence-corrected chi connectivity index (χ1v) is 12.4. The summed E-state index contributed by atoms with van der Waals surface area (Å²) in [5.74, 6) is 0.172. The molecule has 9 nitrogen and oxygen atoms in total. The maximum atomic E-state index is 13.3. The number of ether oxygens (including phenoxy) is 2. The molecule has 0 spiro atoms. The molecule has 0 aromatic heterocycles. The Morgan fingerprint density at radius 3 is 2.67 bits per heavy atom. The highest BCUT2D eigenvalue weighted by molar-refractivity contribution is 5.99. The molecule has 4 atom stereocenters. The highest BCUT2D eigenvalue weighted by atomic mass is 16.5. The Kier molecular flexibility index (Phi) is 8.10. The summed E-state index contributed by atoms with van der Waals surface area (Å²) >= 11 is 0. The average Bonchev–Trinajstić information content (AvgIpc) is 2.87. The number of nitrogens with one attached hydrogen (secondary N) is 3. The van der Waals surface area contributed by atoms with Crippen LogP contribution in [0.25, 0.3) is 0 Å². The lowest BCUT2D eigenvalue weighted by Gasteiger charge is -2.42. The van der Waals surface area contributed by atoms with Crippen molar-refractivity contribution >= 4 is 23.5 Å². The van der Waals surface area contributed by atoms with Crippen LogP contribution in [0, 0.1) is 0 Å². The molecule has 4 amide bonds. The number of benzene rings is 2. The number of anilines is 1. The van der Waals surface area contributed by atoms with Crippen LogP contribution in [0.2, 0.25) is 0 Å². The third-order valence-corrected chi connectivity index (χ3v) is 6.70. The SMILES string of the molecule is CCNC(=O)Nc1ccc2c(c1)C(=O)N(C)[C@@H]1CC[C@@H](CC(=O)N[C@H](C)c3ccccc3)O[C@H]1CO2. The van der Waals surface area contributed by atoms with Gasteiger partial charge in [0.15, 0.2) is 0 Å². The molecule has 0 bridgehead atoms. The summed E-state index contributed by atoms with van der Waals surface area (Å²) < 4.78 is 12.3. The van der Waals surface area contributed by atoms with Gasteiger partial charge in [-0.05, 0) is 50.5 Å². The van der Waals surface area contributed by atoms with Crippen LogP contribution in [0.3, 0.4) is 0 Å². The van der Waals surface area contributed by atoms with Crippen LogP contribution >= 0.6 is 0 Å². The molecule has 3 N–H and O–H groups in total. The molecule has 36 heavy (non-hydrogen) atoms. The highest BCUT2D eigenvalue weighted by Gasteiger charge is 2.39. The van der Waals surface area contributed by atoms with E-state index in [2.05, 4.69) is 16.0 Å². The van der Waals surface area contributed by atoms with Crippen molar-refractivity contribution in [2.45, 2.75) is 57.4 Å². The fraction of sp³-hybridized carbons (Fsp3) is 0.444. The zero-order chi connectivity index (χ0) is 25.7. The number of fused-ring (bicyclic) bond motifs is 2. The predicted octanol–water partition coefficient (Wildman–Crippen LogP) is 3.48. The number of hydrogen-bond donors (Lipinski definition) is 3. The molecule has 2 aliphatic rings. The molecule has 0 saturated carbocycles. The summed E-state index contributed by atoms with van der Waals surface area (Å²) in [5, 5.41) is 8.44. The van der Waals surface area contributed by atoms with Crippen molar-refractivity contribution in [2.24, 2.45) is 0 Å². The monoisotopic (exact) mass is 494 g/mol. The third-order valence-electron chi connectivity index (χ3n) is 6.70. The molecule has 4 rings (SSSR count). The van der Waals surface area contributed by atoms with Gasteiger partial charge in [0.25, 0.3) is 5.91 Å². The zero-order valence-corrected chi connectivity index (χ0v) is 21.0. The molecule has 0 unspecified atom stereocenters. The van der Waals surface area contributed by atoms with E-state index in [4.69, 9.17) is 9.47 Å². The van der Waals surface area contributed by atoms with Crippen molar-refractivity contribution in [3.8, 4) is 5.75 Å². The Hall–Kier alpha value is -3.59. The van der Waals surface area contributed by atoms with E-state index in [0.717, 1.165) is 5.56 Å². The topological polar surface area (TPSA) is 109 Å². The Morgan fingerprint density at radius 1 is 1.14 bits per heavy atom. The summed E-state index contributed by atoms with van der Waals surface area (Å²) in [6.07, 6.45) is 1.03. The van der Waals surface area contributed by atoms with Gasteiger partial charge in [-0.1, -0.05) is 30.3 Å². The number of hydrogen-bond acceptors (Lipinski definition) is 5. The van der Waals surface area contributed by atoms with Crippen molar-refractivity contribution in [3.63, 3.8) is 0 Å². The summed E-state index contributed by atoms with van der Waals surface area (Å²) in [6, 6.07) is 14.2. The number of amides is 4. The van der Waals surface area contributed by atoms with Crippen LogP contribution in [-0.4, -0.2) is 61.2 Å². The van der Waals surface area contributed by atoms with Crippen LogP contribution in [0.4, 0.5) is 10.5 Å². The van der Waals surface area contributed by atoms with Gasteiger partial charge in [-0.25, -0.2) is 4.79 Å². The lowest BCUT2D eigenvalue weighted by atomic mass is 9.94. The first-order valence-electron chi connectivity index (χ1n) is 12.4. The summed E-state index contributed by atoms with van der Waals surface area (Å²) in [5.41, 5.74) is 1.95. The molecular weight excluding hydrogens is 460 g/mol. The van der Waals surface area contributed by atoms with Crippen LogP contribution in [0.15, 0.2) is 48.5 Å². The smallest absolute Gasteiger partial charge is 0.319 e. The lowest BCUT2D eigenvalue weighted by Crippen LogP contribution is -2.54. The number of nitrogens with zero attached hydrogens (tertiary/aromatic N) is 1. The molecule has 1 fully saturated rings. The van der Waals surface area contributed by atoms with Gasteiger partial charge in [0.05, 0.1) is 30.2 Å². The Labute approximate surface area is 211 Å². The summed E-state index contributed by atoms with van der Waals surface area (Å²) in [4.78, 5) is 39.6. The molecule has 192 valence electrons. The van der Waals surface area contributed by atoms with E-state index in [1.54, 1.807) is 30.1 Å². The molecule has 0 aliphatic carbocycles. The van der Waals surface area contributed by atoms with Crippen LogP contribution in [-0.2, 0) is 9.53 Å². The molecular formula is C27H34N4O5. The van der Waals surface area contributed by atoms with Crippen LogP contribution in [0.1, 0.15) is 55.1 Å². The minimum atomic E-state index is -0.349. The van der Waals surface area contributed by atoms with Crippen molar-refractivity contribution in [2.75, 3.05) is 25.5 Å². The van der Waals surface area contributed by atoms with E-state index < -0.39 is 0 Å². The number of rotatable bonds is 6. The first kappa shape index (κ1) is 25.5. The second kappa shape index (κ2) is 11.4. The fourth-order valence-corrected chi connectivity index (χ4v) is 4.77. The molecule has 1 saturated heterocycles. The lowest BCUT2D eigenvalue weighted by molar-refractivity contribution is -0.134. The molecule has 0 radical (unpaired) electrons. The minimum absolute atomic E-state index is 0.0662. The van der Waals surface area contributed by atoms with Gasteiger partial charge >= 0.3 is 6.03 Å². The van der Waals surface area contributed by atoms with Crippen LogP contribution < -0.4 is 20.7 Å². The van der Waals surface area contributed by atoms with Gasteiger partial charge < -0.3 is 30.3 Å². The van der Waals surface area contributed by atoms with Crippen molar-refractivity contribution in [1.82, 2.24) is 15.5 Å². The Bertz CT molecular complexity index is 1090. The number of urea groups is 1. The van der Waals surface area contributed by atoms with E-state index in [0.29, 0.717) is 36.4 Å². The fourth-order valence-electron chi connectivity index (χ4n) is 4.77. The van der Waals surface area contributed by atoms with E-state index in [-0.39, 0.29) is 55.2 Å². The second-order valence-electron chi connectivity index (χ2n) is 9.27. The van der Waals surface area contributed by atoms with Gasteiger partial charge in [0.1, 0.15) is 18.5 Å². The van der Waals surface area contributed by atoms with Crippen molar-refractivity contribution < 1.29 is 23.9 Å². The predicted molar refractivity (Wildman–Crippen MR) is 136 cm³/mol. The maximum Gasteiger partial charge on any atom is 0.319 e. The molecule has 2 aliphatic heterocycles. The maximum absolute atomic E-state index is 13.3. The Morgan fingerprint density at radius 2 is 1.92 bits per heavy atom. The molecule has 9 heteroatoms. The number of likely N-dealkylation sites (N-methyl/N-ethyl adjacent to an activating group) is 1. The van der Waals surface area contributed by atoms with E-state index >= 15 is 0 Å². The largest absolute Gasteiger partial charge is 0.490 e. The molecule has 2 aromatic rings. The number of carbonyl (C=O) groups excluding carboxylic acids is 3.